The lowest BCUT2D eigenvalue weighted by molar-refractivity contribution is -0.135. The standard InChI is InChI=1S/C11H22N2O/c1-4-11(3)6-5-7-13(8-11)10(14)9(2)12/h9H,4-8,12H2,1-3H3/t9-,11?/m1/s1. The molecular formula is C11H22N2O. The molecule has 1 aliphatic heterocycles. The Bertz CT molecular complexity index is 215. The van der Waals surface area contributed by atoms with Crippen LogP contribution in [-0.4, -0.2) is 29.9 Å². The van der Waals surface area contributed by atoms with E-state index in [-0.39, 0.29) is 11.9 Å². The Balaban J connectivity index is 2.60. The van der Waals surface area contributed by atoms with Crippen LogP contribution in [0.25, 0.3) is 0 Å². The molecule has 0 saturated carbocycles. The second kappa shape index (κ2) is 4.30. The van der Waals surface area contributed by atoms with E-state index >= 15 is 0 Å². The van der Waals surface area contributed by atoms with Crippen molar-refractivity contribution in [2.45, 2.75) is 46.1 Å². The monoisotopic (exact) mass is 198 g/mol. The molecule has 0 bridgehead atoms. The highest BCUT2D eigenvalue weighted by atomic mass is 16.2. The van der Waals surface area contributed by atoms with E-state index in [1.807, 2.05) is 4.90 Å². The van der Waals surface area contributed by atoms with Crippen LogP contribution in [0.1, 0.15) is 40.0 Å². The smallest absolute Gasteiger partial charge is 0.239 e. The molecule has 0 aromatic rings. The van der Waals surface area contributed by atoms with Crippen LogP contribution >= 0.6 is 0 Å². The van der Waals surface area contributed by atoms with Gasteiger partial charge < -0.3 is 10.6 Å². The molecule has 1 unspecified atom stereocenters. The van der Waals surface area contributed by atoms with Crippen molar-refractivity contribution in [3.63, 3.8) is 0 Å². The number of rotatable bonds is 2. The number of likely N-dealkylation sites (tertiary alicyclic amines) is 1. The summed E-state index contributed by atoms with van der Waals surface area (Å²) in [6.07, 6.45) is 3.48. The first-order valence-corrected chi connectivity index (χ1v) is 5.53. The Morgan fingerprint density at radius 2 is 2.29 bits per heavy atom. The van der Waals surface area contributed by atoms with Crippen LogP contribution in [0.2, 0.25) is 0 Å². The van der Waals surface area contributed by atoms with Gasteiger partial charge >= 0.3 is 0 Å². The SMILES string of the molecule is CCC1(C)CCCN(C(=O)[C@@H](C)N)C1. The van der Waals surface area contributed by atoms with E-state index in [1.165, 1.54) is 6.42 Å². The van der Waals surface area contributed by atoms with Crippen LogP contribution in [0, 0.1) is 5.41 Å². The third-order valence-corrected chi connectivity index (χ3v) is 3.34. The molecule has 1 saturated heterocycles. The quantitative estimate of drug-likeness (QED) is 0.728. The highest BCUT2D eigenvalue weighted by Crippen LogP contribution is 2.32. The van der Waals surface area contributed by atoms with Crippen LogP contribution in [-0.2, 0) is 4.79 Å². The first-order valence-electron chi connectivity index (χ1n) is 5.53. The molecule has 0 aromatic heterocycles. The Morgan fingerprint density at radius 1 is 1.64 bits per heavy atom. The molecular weight excluding hydrogens is 176 g/mol. The molecule has 82 valence electrons. The molecule has 1 rings (SSSR count). The van der Waals surface area contributed by atoms with Gasteiger partial charge in [-0.05, 0) is 31.6 Å². The topological polar surface area (TPSA) is 46.3 Å². The number of carbonyl (C=O) groups is 1. The van der Waals surface area contributed by atoms with E-state index in [1.54, 1.807) is 6.92 Å². The van der Waals surface area contributed by atoms with E-state index in [2.05, 4.69) is 13.8 Å². The summed E-state index contributed by atoms with van der Waals surface area (Å²) in [6.45, 7) is 7.98. The van der Waals surface area contributed by atoms with Gasteiger partial charge in [0.25, 0.3) is 0 Å². The van der Waals surface area contributed by atoms with Crippen molar-refractivity contribution in [2.75, 3.05) is 13.1 Å². The van der Waals surface area contributed by atoms with Crippen LogP contribution in [0.3, 0.4) is 0 Å². The Morgan fingerprint density at radius 3 is 2.79 bits per heavy atom. The van der Waals surface area contributed by atoms with Gasteiger partial charge in [-0.2, -0.15) is 0 Å². The minimum atomic E-state index is -0.353. The molecule has 1 fully saturated rings. The maximum absolute atomic E-state index is 11.7. The summed E-state index contributed by atoms with van der Waals surface area (Å²) < 4.78 is 0. The number of carbonyl (C=O) groups excluding carboxylic acids is 1. The van der Waals surface area contributed by atoms with E-state index in [4.69, 9.17) is 5.73 Å². The molecule has 14 heavy (non-hydrogen) atoms. The van der Waals surface area contributed by atoms with E-state index < -0.39 is 0 Å². The van der Waals surface area contributed by atoms with Gasteiger partial charge in [0.1, 0.15) is 0 Å². The molecule has 0 aliphatic carbocycles. The Hall–Kier alpha value is -0.570. The summed E-state index contributed by atoms with van der Waals surface area (Å²) in [4.78, 5) is 13.6. The summed E-state index contributed by atoms with van der Waals surface area (Å²) in [5.41, 5.74) is 5.91. The van der Waals surface area contributed by atoms with Crippen LogP contribution in [0.5, 0.6) is 0 Å². The summed E-state index contributed by atoms with van der Waals surface area (Å²) in [5.74, 6) is 0.101. The molecule has 0 aromatic carbocycles. The number of nitrogens with zero attached hydrogens (tertiary/aromatic N) is 1. The van der Waals surface area contributed by atoms with Gasteiger partial charge in [0.05, 0.1) is 6.04 Å². The maximum Gasteiger partial charge on any atom is 0.239 e. The van der Waals surface area contributed by atoms with E-state index in [0.717, 1.165) is 25.9 Å². The first-order chi connectivity index (χ1) is 6.48. The predicted molar refractivity (Wildman–Crippen MR) is 57.9 cm³/mol. The van der Waals surface area contributed by atoms with Gasteiger partial charge in [0.15, 0.2) is 0 Å². The van der Waals surface area contributed by atoms with Crippen molar-refractivity contribution in [1.82, 2.24) is 4.90 Å². The second-order valence-electron chi connectivity index (χ2n) is 4.82. The van der Waals surface area contributed by atoms with E-state index in [0.29, 0.717) is 5.41 Å². The Kier molecular flexibility index (Phi) is 3.53. The first kappa shape index (κ1) is 11.5. The fraction of sp³-hybridized carbons (Fsp3) is 0.909. The molecule has 3 heteroatoms. The van der Waals surface area contributed by atoms with Crippen molar-refractivity contribution in [3.05, 3.63) is 0 Å². The zero-order valence-corrected chi connectivity index (χ0v) is 9.55. The summed E-state index contributed by atoms with van der Waals surface area (Å²) in [6, 6.07) is -0.353. The number of piperidine rings is 1. The summed E-state index contributed by atoms with van der Waals surface area (Å²) >= 11 is 0. The minimum Gasteiger partial charge on any atom is -0.341 e. The van der Waals surface area contributed by atoms with Gasteiger partial charge in [-0.3, -0.25) is 4.79 Å². The summed E-state index contributed by atoms with van der Waals surface area (Å²) in [7, 11) is 0. The average Bonchev–Trinajstić information content (AvgIpc) is 2.16. The number of amides is 1. The molecule has 1 aliphatic rings. The maximum atomic E-state index is 11.7. The Labute approximate surface area is 86.6 Å². The molecule has 2 N–H and O–H groups in total. The van der Waals surface area contributed by atoms with Crippen molar-refractivity contribution in [2.24, 2.45) is 11.1 Å². The normalized spacial score (nSPS) is 30.1. The van der Waals surface area contributed by atoms with Gasteiger partial charge in [-0.1, -0.05) is 13.8 Å². The molecule has 0 spiro atoms. The van der Waals surface area contributed by atoms with Crippen LogP contribution < -0.4 is 5.73 Å². The molecule has 3 nitrogen and oxygen atoms in total. The molecule has 0 radical (unpaired) electrons. The van der Waals surface area contributed by atoms with E-state index in [9.17, 15) is 4.79 Å². The highest BCUT2D eigenvalue weighted by molar-refractivity contribution is 5.81. The van der Waals surface area contributed by atoms with Crippen LogP contribution in [0.4, 0.5) is 0 Å². The second-order valence-corrected chi connectivity index (χ2v) is 4.82. The minimum absolute atomic E-state index is 0.101. The molecule has 1 heterocycles. The van der Waals surface area contributed by atoms with Crippen molar-refractivity contribution < 1.29 is 4.79 Å². The van der Waals surface area contributed by atoms with Crippen LogP contribution in [0.15, 0.2) is 0 Å². The third-order valence-electron chi connectivity index (χ3n) is 3.34. The lowest BCUT2D eigenvalue weighted by Crippen LogP contribution is -2.49. The van der Waals surface area contributed by atoms with Crippen molar-refractivity contribution in [3.8, 4) is 0 Å². The third kappa shape index (κ3) is 2.47. The zero-order chi connectivity index (χ0) is 10.8. The predicted octanol–water partition coefficient (Wildman–Crippen LogP) is 1.37. The summed E-state index contributed by atoms with van der Waals surface area (Å²) in [5, 5.41) is 0. The van der Waals surface area contributed by atoms with Crippen molar-refractivity contribution in [1.29, 1.82) is 0 Å². The molecule has 2 atom stereocenters. The largest absolute Gasteiger partial charge is 0.341 e. The number of hydrogen-bond donors (Lipinski definition) is 1. The fourth-order valence-electron chi connectivity index (χ4n) is 2.08. The van der Waals surface area contributed by atoms with Gasteiger partial charge in [-0.25, -0.2) is 0 Å². The van der Waals surface area contributed by atoms with Gasteiger partial charge in [0.2, 0.25) is 5.91 Å². The average molecular weight is 198 g/mol. The van der Waals surface area contributed by atoms with Gasteiger partial charge in [0, 0.05) is 13.1 Å². The lowest BCUT2D eigenvalue weighted by atomic mass is 9.79. The van der Waals surface area contributed by atoms with Gasteiger partial charge in [-0.15, -0.1) is 0 Å². The zero-order valence-electron chi connectivity index (χ0n) is 9.55. The van der Waals surface area contributed by atoms with Crippen molar-refractivity contribution >= 4 is 5.91 Å². The number of nitrogens with two attached hydrogens (primary N) is 1. The lowest BCUT2D eigenvalue weighted by Gasteiger charge is -2.40. The fourth-order valence-corrected chi connectivity index (χ4v) is 2.08. The highest BCUT2D eigenvalue weighted by Gasteiger charge is 2.32. The number of hydrogen-bond acceptors (Lipinski definition) is 2. The molecule has 1 amide bonds.